The van der Waals surface area contributed by atoms with E-state index in [9.17, 15) is 34.5 Å². The molecular weight excluding hydrogens is 452 g/mol. The normalized spacial score (nSPS) is 14.3. The Kier molecular flexibility index (Phi) is 16.9. The summed E-state index contributed by atoms with van der Waals surface area (Å²) in [4.78, 5) is 47.1. The smallest absolute Gasteiger partial charge is 0.335 e. The lowest BCUT2D eigenvalue weighted by molar-refractivity contribution is -0.163. The lowest BCUT2D eigenvalue weighted by Crippen LogP contribution is -2.43. The lowest BCUT2D eigenvalue weighted by Gasteiger charge is -2.25. The van der Waals surface area contributed by atoms with E-state index >= 15 is 0 Å². The summed E-state index contributed by atoms with van der Waals surface area (Å²) in [6, 6.07) is 0. The number of hydrogen-bond donors (Lipinski definition) is 4. The van der Waals surface area contributed by atoms with Crippen LogP contribution in [0.2, 0.25) is 0 Å². The van der Waals surface area contributed by atoms with Gasteiger partial charge in [0.2, 0.25) is 0 Å². The number of Topliss-reactive ketones (excluding diaryl/α,β-unsaturated/α-hetero) is 3. The van der Waals surface area contributed by atoms with Gasteiger partial charge >= 0.3 is 5.97 Å². The zero-order valence-electron chi connectivity index (χ0n) is 22.0. The van der Waals surface area contributed by atoms with Crippen molar-refractivity contribution in [1.29, 1.82) is 0 Å². The Morgan fingerprint density at radius 3 is 1.23 bits per heavy atom. The molecule has 8 nitrogen and oxygen atoms in total. The summed E-state index contributed by atoms with van der Waals surface area (Å²) in [7, 11) is 0. The van der Waals surface area contributed by atoms with Gasteiger partial charge in [0.05, 0.1) is 12.7 Å². The van der Waals surface area contributed by atoms with Gasteiger partial charge in [0.1, 0.15) is 5.41 Å². The van der Waals surface area contributed by atoms with Crippen LogP contribution < -0.4 is 0 Å². The molecule has 204 valence electrons. The summed E-state index contributed by atoms with van der Waals surface area (Å²) < 4.78 is 0. The van der Waals surface area contributed by atoms with Crippen molar-refractivity contribution in [2.75, 3.05) is 6.61 Å². The number of carboxylic acids is 1. The molecule has 0 aliphatic carbocycles. The topological polar surface area (TPSA) is 149 Å². The quantitative estimate of drug-likeness (QED) is 0.121. The molecule has 0 saturated heterocycles. The number of unbranched alkanes of at least 4 members (excludes halogenated alkanes) is 12. The van der Waals surface area contributed by atoms with Crippen molar-refractivity contribution in [1.82, 2.24) is 0 Å². The molecule has 0 amide bonds. The van der Waals surface area contributed by atoms with E-state index in [0.717, 1.165) is 64.2 Å². The number of rotatable bonds is 23. The second-order valence-electron chi connectivity index (χ2n) is 10.0. The number of aliphatic carboxylic acids is 1. The Morgan fingerprint density at radius 1 is 0.629 bits per heavy atom. The van der Waals surface area contributed by atoms with Crippen LogP contribution in [0.25, 0.3) is 0 Å². The van der Waals surface area contributed by atoms with Crippen LogP contribution in [0.15, 0.2) is 0 Å². The first-order valence-corrected chi connectivity index (χ1v) is 13.2. The second kappa shape index (κ2) is 17.7. The fourth-order valence-corrected chi connectivity index (χ4v) is 4.77. The van der Waals surface area contributed by atoms with Crippen LogP contribution in [0, 0.1) is 5.41 Å². The molecule has 0 bridgehead atoms. The van der Waals surface area contributed by atoms with Crippen LogP contribution in [0.5, 0.6) is 0 Å². The first kappa shape index (κ1) is 33.4. The lowest BCUT2D eigenvalue weighted by atomic mass is 9.73. The third-order valence-corrected chi connectivity index (χ3v) is 7.13. The van der Waals surface area contributed by atoms with E-state index in [0.29, 0.717) is 19.3 Å². The molecule has 4 N–H and O–H groups in total. The highest BCUT2D eigenvalue weighted by Gasteiger charge is 2.44. The minimum absolute atomic E-state index is 0.0681. The van der Waals surface area contributed by atoms with Crippen molar-refractivity contribution in [3.05, 3.63) is 0 Å². The van der Waals surface area contributed by atoms with Crippen LogP contribution in [0.4, 0.5) is 0 Å². The molecule has 0 aromatic rings. The van der Waals surface area contributed by atoms with Gasteiger partial charge in [-0.1, -0.05) is 77.0 Å². The highest BCUT2D eigenvalue weighted by Crippen LogP contribution is 2.29. The van der Waals surface area contributed by atoms with Crippen molar-refractivity contribution < 1.29 is 39.6 Å². The highest BCUT2D eigenvalue weighted by molar-refractivity contribution is 6.22. The number of carbonyl (C=O) groups is 4. The standard InChI is InChI=1S/C27H48O8/c1-21(29)27(22(2)30,23(3)31)18-16-14-12-10-8-6-4-5-7-9-11-13-15-17-26(35,25(33)34)19-24(32)20-28/h24,28,32,35H,4-20H2,1-3H3,(H,33,34). The molecular formula is C27H48O8. The van der Waals surface area contributed by atoms with Crippen molar-refractivity contribution in [2.24, 2.45) is 5.41 Å². The van der Waals surface area contributed by atoms with Gasteiger partial charge < -0.3 is 20.4 Å². The number of carboxylic acid groups (broad SMARTS) is 1. The van der Waals surface area contributed by atoms with E-state index in [1.54, 1.807) is 0 Å². The average Bonchev–Trinajstić information content (AvgIpc) is 2.77. The Labute approximate surface area is 210 Å². The van der Waals surface area contributed by atoms with Gasteiger partial charge in [-0.2, -0.15) is 0 Å². The van der Waals surface area contributed by atoms with E-state index in [1.807, 2.05) is 0 Å². The SMILES string of the molecule is CC(=O)C(CCCCCCCCCCCCCCCC(O)(CC(O)CO)C(=O)O)(C(C)=O)C(C)=O. The molecule has 0 heterocycles. The number of aliphatic hydroxyl groups excluding tert-OH is 2. The van der Waals surface area contributed by atoms with Crippen molar-refractivity contribution in [3.63, 3.8) is 0 Å². The monoisotopic (exact) mass is 500 g/mol. The van der Waals surface area contributed by atoms with E-state index in [2.05, 4.69) is 0 Å². The first-order valence-electron chi connectivity index (χ1n) is 13.2. The maximum Gasteiger partial charge on any atom is 0.335 e. The summed E-state index contributed by atoms with van der Waals surface area (Å²) in [5.41, 5.74) is -3.43. The summed E-state index contributed by atoms with van der Waals surface area (Å²) >= 11 is 0. The maximum absolute atomic E-state index is 11.9. The van der Waals surface area contributed by atoms with Gasteiger partial charge in [0, 0.05) is 6.42 Å². The van der Waals surface area contributed by atoms with Crippen LogP contribution in [0.1, 0.15) is 124 Å². The minimum atomic E-state index is -1.99. The molecule has 0 aromatic carbocycles. The van der Waals surface area contributed by atoms with Crippen molar-refractivity contribution in [3.8, 4) is 0 Å². The van der Waals surface area contributed by atoms with E-state index in [4.69, 9.17) is 5.11 Å². The number of hydrogen-bond acceptors (Lipinski definition) is 7. The molecule has 0 aliphatic rings. The Hall–Kier alpha value is -1.64. The number of ketones is 3. The molecule has 0 radical (unpaired) electrons. The van der Waals surface area contributed by atoms with Crippen LogP contribution >= 0.6 is 0 Å². The third kappa shape index (κ3) is 12.2. The van der Waals surface area contributed by atoms with E-state index in [1.165, 1.54) is 27.2 Å². The molecule has 0 aromatic heterocycles. The molecule has 35 heavy (non-hydrogen) atoms. The Bertz CT molecular complexity index is 624. The molecule has 0 rings (SSSR count). The summed E-state index contributed by atoms with van der Waals surface area (Å²) in [6.45, 7) is 3.41. The molecule has 0 aliphatic heterocycles. The molecule has 0 spiro atoms. The average molecular weight is 501 g/mol. The number of aliphatic hydroxyl groups is 3. The van der Waals surface area contributed by atoms with Gasteiger partial charge in [-0.15, -0.1) is 0 Å². The van der Waals surface area contributed by atoms with Gasteiger partial charge in [-0.25, -0.2) is 4.79 Å². The predicted molar refractivity (Wildman–Crippen MR) is 134 cm³/mol. The Balaban J connectivity index is 3.78. The molecule has 2 unspecified atom stereocenters. The number of carbonyl (C=O) groups excluding carboxylic acids is 3. The molecule has 2 atom stereocenters. The fraction of sp³-hybridized carbons (Fsp3) is 0.852. The van der Waals surface area contributed by atoms with Gasteiger partial charge in [0.15, 0.2) is 23.0 Å². The molecule has 8 heteroatoms. The zero-order chi connectivity index (χ0) is 26.9. The van der Waals surface area contributed by atoms with Crippen LogP contribution in [-0.2, 0) is 19.2 Å². The van der Waals surface area contributed by atoms with Gasteiger partial charge in [0.25, 0.3) is 0 Å². The first-order chi connectivity index (χ1) is 16.4. The van der Waals surface area contributed by atoms with Gasteiger partial charge in [-0.05, 0) is 40.0 Å². The van der Waals surface area contributed by atoms with Crippen molar-refractivity contribution in [2.45, 2.75) is 135 Å². The third-order valence-electron chi connectivity index (χ3n) is 7.13. The summed E-state index contributed by atoms with van der Waals surface area (Å²) in [5.74, 6) is -2.41. The molecule has 0 fully saturated rings. The van der Waals surface area contributed by atoms with E-state index < -0.39 is 29.7 Å². The second-order valence-corrected chi connectivity index (χ2v) is 10.0. The summed E-state index contributed by atoms with van der Waals surface area (Å²) in [6.07, 6.45) is 11.7. The van der Waals surface area contributed by atoms with Crippen LogP contribution in [-0.4, -0.2) is 62.1 Å². The summed E-state index contributed by atoms with van der Waals surface area (Å²) in [5, 5.41) is 37.7. The molecule has 0 saturated carbocycles. The largest absolute Gasteiger partial charge is 0.479 e. The maximum atomic E-state index is 11.9. The van der Waals surface area contributed by atoms with Crippen LogP contribution in [0.3, 0.4) is 0 Å². The van der Waals surface area contributed by atoms with Gasteiger partial charge in [-0.3, -0.25) is 14.4 Å². The predicted octanol–water partition coefficient (Wildman–Crippen LogP) is 4.15. The Morgan fingerprint density at radius 2 is 0.943 bits per heavy atom. The minimum Gasteiger partial charge on any atom is -0.479 e. The van der Waals surface area contributed by atoms with Crippen molar-refractivity contribution >= 4 is 23.3 Å². The fourth-order valence-electron chi connectivity index (χ4n) is 4.77. The zero-order valence-corrected chi connectivity index (χ0v) is 22.0. The van der Waals surface area contributed by atoms with E-state index in [-0.39, 0.29) is 30.2 Å². The highest BCUT2D eigenvalue weighted by atomic mass is 16.4.